The Morgan fingerprint density at radius 3 is 2.79 bits per heavy atom. The van der Waals surface area contributed by atoms with Crippen molar-refractivity contribution < 1.29 is 0 Å². The van der Waals surface area contributed by atoms with Gasteiger partial charge in [0.15, 0.2) is 0 Å². The molecular weight excluding hydrogens is 168 g/mol. The molecule has 0 atom stereocenters. The first-order chi connectivity index (χ1) is 6.65. The molecule has 0 N–H and O–H groups in total. The largest absolute Gasteiger partial charge is 0.0649 e. The molecule has 0 saturated heterocycles. The summed E-state index contributed by atoms with van der Waals surface area (Å²) in [6.07, 6.45) is 4.80. The van der Waals surface area contributed by atoms with E-state index in [1.54, 1.807) is 5.57 Å². The van der Waals surface area contributed by atoms with Crippen molar-refractivity contribution in [3.63, 3.8) is 0 Å². The number of rotatable bonds is 2. The second-order valence-electron chi connectivity index (χ2n) is 4.78. The summed E-state index contributed by atoms with van der Waals surface area (Å²) in [4.78, 5) is 0. The molecular formula is C14H18. The molecule has 0 heterocycles. The van der Waals surface area contributed by atoms with Crippen LogP contribution in [0.2, 0.25) is 0 Å². The van der Waals surface area contributed by atoms with E-state index in [2.05, 4.69) is 45.0 Å². The summed E-state index contributed by atoms with van der Waals surface area (Å²) in [5, 5.41) is 0. The lowest BCUT2D eigenvalue weighted by molar-refractivity contribution is 0.638. The molecule has 1 aliphatic carbocycles. The van der Waals surface area contributed by atoms with Gasteiger partial charge in [0.2, 0.25) is 0 Å². The average Bonchev–Trinajstić information content (AvgIpc) is 2.44. The average molecular weight is 186 g/mol. The molecule has 0 aromatic heterocycles. The minimum Gasteiger partial charge on any atom is -0.0649 e. The maximum Gasteiger partial charge on any atom is -0.00577 e. The van der Waals surface area contributed by atoms with E-state index in [1.807, 2.05) is 0 Å². The molecule has 74 valence electrons. The second kappa shape index (κ2) is 3.61. The van der Waals surface area contributed by atoms with Crippen molar-refractivity contribution in [2.75, 3.05) is 0 Å². The Morgan fingerprint density at radius 2 is 2.07 bits per heavy atom. The highest BCUT2D eigenvalue weighted by molar-refractivity contribution is 5.64. The van der Waals surface area contributed by atoms with Crippen molar-refractivity contribution in [2.24, 2.45) is 5.92 Å². The van der Waals surface area contributed by atoms with Crippen LogP contribution in [0.25, 0.3) is 6.08 Å². The maximum absolute atomic E-state index is 2.38. The van der Waals surface area contributed by atoms with Gasteiger partial charge in [-0.25, -0.2) is 0 Å². The first-order valence-electron chi connectivity index (χ1n) is 5.44. The van der Waals surface area contributed by atoms with E-state index in [0.29, 0.717) is 0 Å². The lowest BCUT2D eigenvalue weighted by atomic mass is 10.0. The van der Waals surface area contributed by atoms with Gasteiger partial charge in [0.1, 0.15) is 0 Å². The van der Waals surface area contributed by atoms with Gasteiger partial charge in [-0.3, -0.25) is 0 Å². The molecule has 0 aliphatic heterocycles. The number of allylic oxidation sites excluding steroid dienone is 1. The Hall–Kier alpha value is -1.04. The molecule has 0 fully saturated rings. The zero-order valence-corrected chi connectivity index (χ0v) is 9.30. The van der Waals surface area contributed by atoms with Crippen LogP contribution in [0.1, 0.15) is 37.0 Å². The van der Waals surface area contributed by atoms with Crippen LogP contribution >= 0.6 is 0 Å². The van der Waals surface area contributed by atoms with Crippen molar-refractivity contribution in [3.05, 3.63) is 40.5 Å². The van der Waals surface area contributed by atoms with Crippen molar-refractivity contribution in [1.82, 2.24) is 0 Å². The Labute approximate surface area is 86.7 Å². The lowest BCUT2D eigenvalue weighted by Crippen LogP contribution is -1.91. The first-order valence-corrected chi connectivity index (χ1v) is 5.44. The predicted molar refractivity (Wildman–Crippen MR) is 62.3 cm³/mol. The predicted octanol–water partition coefficient (Wildman–Crippen LogP) is 3.98. The summed E-state index contributed by atoms with van der Waals surface area (Å²) in [7, 11) is 0. The fraction of sp³-hybridized carbons (Fsp3) is 0.429. The van der Waals surface area contributed by atoms with Gasteiger partial charge in [-0.2, -0.15) is 0 Å². The molecule has 0 radical (unpaired) electrons. The van der Waals surface area contributed by atoms with Gasteiger partial charge in [-0.15, -0.1) is 0 Å². The van der Waals surface area contributed by atoms with Crippen LogP contribution in [0, 0.1) is 12.8 Å². The first kappa shape index (κ1) is 9.51. The van der Waals surface area contributed by atoms with Crippen LogP contribution in [-0.4, -0.2) is 0 Å². The normalized spacial score (nSPS) is 14.4. The smallest absolute Gasteiger partial charge is 0.00577 e. The standard InChI is InChI=1S/C14H18/c1-10(2)6-12-8-13-5-4-11(3)7-14(13)9-12/h4-5,7,9-10H,6,8H2,1-3H3. The van der Waals surface area contributed by atoms with E-state index in [4.69, 9.17) is 0 Å². The molecule has 0 unspecified atom stereocenters. The molecule has 1 aromatic rings. The summed E-state index contributed by atoms with van der Waals surface area (Å²) in [5.74, 6) is 0.775. The summed E-state index contributed by atoms with van der Waals surface area (Å²) >= 11 is 0. The number of hydrogen-bond donors (Lipinski definition) is 0. The summed E-state index contributed by atoms with van der Waals surface area (Å²) in [6.45, 7) is 6.73. The van der Waals surface area contributed by atoms with Gasteiger partial charge < -0.3 is 0 Å². The summed E-state index contributed by atoms with van der Waals surface area (Å²) < 4.78 is 0. The number of fused-ring (bicyclic) bond motifs is 1. The van der Waals surface area contributed by atoms with Crippen LogP contribution in [0.15, 0.2) is 23.8 Å². The number of hydrogen-bond acceptors (Lipinski definition) is 0. The topological polar surface area (TPSA) is 0 Å². The van der Waals surface area contributed by atoms with Gasteiger partial charge in [-0.05, 0) is 36.8 Å². The van der Waals surface area contributed by atoms with Gasteiger partial charge in [0, 0.05) is 0 Å². The fourth-order valence-corrected chi connectivity index (χ4v) is 2.18. The molecule has 0 bridgehead atoms. The zero-order chi connectivity index (χ0) is 10.1. The lowest BCUT2D eigenvalue weighted by Gasteiger charge is -2.04. The highest BCUT2D eigenvalue weighted by Crippen LogP contribution is 2.29. The third-order valence-corrected chi connectivity index (χ3v) is 2.75. The quantitative estimate of drug-likeness (QED) is 0.655. The highest BCUT2D eigenvalue weighted by Gasteiger charge is 2.12. The molecule has 0 spiro atoms. The minimum atomic E-state index is 0.775. The van der Waals surface area contributed by atoms with Crippen LogP contribution in [0.5, 0.6) is 0 Å². The zero-order valence-electron chi connectivity index (χ0n) is 9.30. The van der Waals surface area contributed by atoms with E-state index in [9.17, 15) is 0 Å². The molecule has 0 nitrogen and oxygen atoms in total. The van der Waals surface area contributed by atoms with Crippen LogP contribution in [0.3, 0.4) is 0 Å². The van der Waals surface area contributed by atoms with Gasteiger partial charge >= 0.3 is 0 Å². The van der Waals surface area contributed by atoms with Gasteiger partial charge in [0.05, 0.1) is 0 Å². The van der Waals surface area contributed by atoms with Crippen LogP contribution in [-0.2, 0) is 6.42 Å². The maximum atomic E-state index is 2.38. The monoisotopic (exact) mass is 186 g/mol. The molecule has 2 rings (SSSR count). The molecule has 0 amide bonds. The van der Waals surface area contributed by atoms with Crippen LogP contribution < -0.4 is 0 Å². The number of benzene rings is 1. The Balaban J connectivity index is 2.21. The Morgan fingerprint density at radius 1 is 1.29 bits per heavy atom. The molecule has 1 aliphatic rings. The number of aryl methyl sites for hydroxylation is 1. The van der Waals surface area contributed by atoms with Crippen molar-refractivity contribution in [3.8, 4) is 0 Å². The van der Waals surface area contributed by atoms with E-state index < -0.39 is 0 Å². The van der Waals surface area contributed by atoms with E-state index in [1.165, 1.54) is 29.5 Å². The molecule has 1 aromatic carbocycles. The van der Waals surface area contributed by atoms with E-state index in [0.717, 1.165) is 5.92 Å². The van der Waals surface area contributed by atoms with Gasteiger partial charge in [-0.1, -0.05) is 49.3 Å². The molecule has 0 heteroatoms. The highest BCUT2D eigenvalue weighted by atomic mass is 14.2. The van der Waals surface area contributed by atoms with Crippen molar-refractivity contribution in [1.29, 1.82) is 0 Å². The SMILES string of the molecule is Cc1ccc2c(c1)C=C(CC(C)C)C2. The van der Waals surface area contributed by atoms with Crippen LogP contribution in [0.4, 0.5) is 0 Å². The summed E-state index contributed by atoms with van der Waals surface area (Å²) in [5.41, 5.74) is 5.92. The third-order valence-electron chi connectivity index (χ3n) is 2.75. The third kappa shape index (κ3) is 1.89. The van der Waals surface area contributed by atoms with Gasteiger partial charge in [0.25, 0.3) is 0 Å². The Kier molecular flexibility index (Phi) is 2.45. The molecule has 0 saturated carbocycles. The fourth-order valence-electron chi connectivity index (χ4n) is 2.18. The van der Waals surface area contributed by atoms with Crippen molar-refractivity contribution in [2.45, 2.75) is 33.6 Å². The van der Waals surface area contributed by atoms with E-state index in [-0.39, 0.29) is 0 Å². The minimum absolute atomic E-state index is 0.775. The van der Waals surface area contributed by atoms with Crippen molar-refractivity contribution >= 4 is 6.08 Å². The Bertz CT molecular complexity index is 370. The van der Waals surface area contributed by atoms with E-state index >= 15 is 0 Å². The second-order valence-corrected chi connectivity index (χ2v) is 4.78. The molecule has 14 heavy (non-hydrogen) atoms. The summed E-state index contributed by atoms with van der Waals surface area (Å²) in [6, 6.07) is 6.78.